The monoisotopic (exact) mass is 228 g/mol. The number of pyridine rings is 1. The standard InChI is InChI=1S/C10H8N6O/c11-10-8(6-3-1-2-4-12-6)9(17-15-10)7-5-13-16-14-7/h1-5H,(H2,11,15)(H,13,14,16). The number of hydrogen-bond donors (Lipinski definition) is 2. The van der Waals surface area contributed by atoms with Crippen molar-refractivity contribution < 1.29 is 4.52 Å². The third kappa shape index (κ3) is 1.53. The van der Waals surface area contributed by atoms with E-state index in [2.05, 4.69) is 25.6 Å². The fourth-order valence-electron chi connectivity index (χ4n) is 1.55. The first kappa shape index (κ1) is 9.52. The summed E-state index contributed by atoms with van der Waals surface area (Å²) in [5.74, 6) is 0.733. The van der Waals surface area contributed by atoms with Crippen molar-refractivity contribution in [2.45, 2.75) is 0 Å². The minimum absolute atomic E-state index is 0.279. The zero-order valence-corrected chi connectivity index (χ0v) is 8.66. The van der Waals surface area contributed by atoms with E-state index in [0.717, 1.165) is 0 Å². The zero-order chi connectivity index (χ0) is 11.7. The van der Waals surface area contributed by atoms with Crippen LogP contribution in [0.4, 0.5) is 5.82 Å². The van der Waals surface area contributed by atoms with E-state index in [0.29, 0.717) is 22.7 Å². The van der Waals surface area contributed by atoms with Crippen molar-refractivity contribution in [2.75, 3.05) is 5.73 Å². The first-order valence-corrected chi connectivity index (χ1v) is 4.89. The molecule has 0 aliphatic rings. The number of aromatic amines is 1. The van der Waals surface area contributed by atoms with Crippen LogP contribution in [0.3, 0.4) is 0 Å². The molecule has 3 heterocycles. The van der Waals surface area contributed by atoms with Crippen LogP contribution in [0.5, 0.6) is 0 Å². The minimum Gasteiger partial charge on any atom is -0.380 e. The first-order chi connectivity index (χ1) is 8.36. The number of hydrogen-bond acceptors (Lipinski definition) is 6. The molecule has 3 aromatic rings. The molecule has 7 nitrogen and oxygen atoms in total. The van der Waals surface area contributed by atoms with Crippen molar-refractivity contribution in [3.8, 4) is 22.7 Å². The van der Waals surface area contributed by atoms with Crippen LogP contribution in [-0.2, 0) is 0 Å². The Morgan fingerprint density at radius 1 is 1.24 bits per heavy atom. The lowest BCUT2D eigenvalue weighted by atomic mass is 10.1. The lowest BCUT2D eigenvalue weighted by Crippen LogP contribution is -1.90. The minimum atomic E-state index is 0.279. The largest absolute Gasteiger partial charge is 0.380 e. The molecule has 7 heteroatoms. The maximum atomic E-state index is 5.78. The van der Waals surface area contributed by atoms with Gasteiger partial charge in [0.1, 0.15) is 0 Å². The maximum Gasteiger partial charge on any atom is 0.200 e. The lowest BCUT2D eigenvalue weighted by molar-refractivity contribution is 0.434. The predicted octanol–water partition coefficient (Wildman–Crippen LogP) is 1.10. The number of H-pyrrole nitrogens is 1. The van der Waals surface area contributed by atoms with Gasteiger partial charge < -0.3 is 10.3 Å². The van der Waals surface area contributed by atoms with Crippen LogP contribution in [0.2, 0.25) is 0 Å². The topological polar surface area (TPSA) is 107 Å². The molecule has 0 amide bonds. The van der Waals surface area contributed by atoms with Crippen LogP contribution >= 0.6 is 0 Å². The summed E-state index contributed by atoms with van der Waals surface area (Å²) < 4.78 is 5.16. The molecule has 0 bridgehead atoms. The van der Waals surface area contributed by atoms with Gasteiger partial charge in [-0.1, -0.05) is 11.2 Å². The number of aromatic nitrogens is 5. The van der Waals surface area contributed by atoms with Crippen LogP contribution in [-0.4, -0.2) is 25.6 Å². The third-order valence-corrected chi connectivity index (χ3v) is 2.29. The molecule has 3 aromatic heterocycles. The third-order valence-electron chi connectivity index (χ3n) is 2.29. The Hall–Kier alpha value is -2.70. The van der Waals surface area contributed by atoms with E-state index < -0.39 is 0 Å². The Labute approximate surface area is 95.7 Å². The van der Waals surface area contributed by atoms with Crippen molar-refractivity contribution in [2.24, 2.45) is 0 Å². The fourth-order valence-corrected chi connectivity index (χ4v) is 1.55. The molecule has 0 aromatic carbocycles. The summed E-state index contributed by atoms with van der Waals surface area (Å²) in [4.78, 5) is 4.21. The van der Waals surface area contributed by atoms with Crippen LogP contribution < -0.4 is 5.73 Å². The Morgan fingerprint density at radius 3 is 2.88 bits per heavy atom. The molecule has 17 heavy (non-hydrogen) atoms. The van der Waals surface area contributed by atoms with Crippen molar-refractivity contribution >= 4 is 5.82 Å². The van der Waals surface area contributed by atoms with E-state index in [9.17, 15) is 0 Å². The van der Waals surface area contributed by atoms with E-state index in [1.807, 2.05) is 18.2 Å². The molecule has 3 rings (SSSR count). The normalized spacial score (nSPS) is 10.6. The highest BCUT2D eigenvalue weighted by Gasteiger charge is 2.20. The maximum absolute atomic E-state index is 5.78. The number of nitrogens with one attached hydrogen (secondary N) is 1. The van der Waals surface area contributed by atoms with Gasteiger partial charge in [-0.15, -0.1) is 0 Å². The van der Waals surface area contributed by atoms with Crippen molar-refractivity contribution in [3.05, 3.63) is 30.6 Å². The summed E-state index contributed by atoms with van der Waals surface area (Å²) in [5.41, 5.74) is 7.62. The number of nitrogen functional groups attached to an aromatic ring is 1. The van der Waals surface area contributed by atoms with Gasteiger partial charge in [0.25, 0.3) is 0 Å². The molecule has 0 spiro atoms. The summed E-state index contributed by atoms with van der Waals surface area (Å²) in [6.07, 6.45) is 3.21. The molecular formula is C10H8N6O. The lowest BCUT2D eigenvalue weighted by Gasteiger charge is -1.98. The summed E-state index contributed by atoms with van der Waals surface area (Å²) in [5, 5.41) is 13.9. The van der Waals surface area contributed by atoms with Gasteiger partial charge in [0.2, 0.25) is 0 Å². The first-order valence-electron chi connectivity index (χ1n) is 4.89. The van der Waals surface area contributed by atoms with E-state index in [-0.39, 0.29) is 5.82 Å². The fraction of sp³-hybridized carbons (Fsp3) is 0. The van der Waals surface area contributed by atoms with E-state index >= 15 is 0 Å². The summed E-state index contributed by atoms with van der Waals surface area (Å²) in [7, 11) is 0. The van der Waals surface area contributed by atoms with E-state index in [1.54, 1.807) is 6.20 Å². The Balaban J connectivity index is 2.20. The molecule has 0 atom stereocenters. The van der Waals surface area contributed by atoms with Crippen LogP contribution in [0.15, 0.2) is 35.1 Å². The van der Waals surface area contributed by atoms with E-state index in [1.165, 1.54) is 6.20 Å². The second-order valence-electron chi connectivity index (χ2n) is 3.34. The molecule has 84 valence electrons. The van der Waals surface area contributed by atoms with Gasteiger partial charge in [0, 0.05) is 6.20 Å². The molecule has 0 saturated carbocycles. The molecule has 3 N–H and O–H groups in total. The molecule has 0 saturated heterocycles. The Kier molecular flexibility index (Phi) is 2.08. The van der Waals surface area contributed by atoms with Crippen LogP contribution in [0.1, 0.15) is 0 Å². The summed E-state index contributed by atoms with van der Waals surface area (Å²) >= 11 is 0. The Bertz CT molecular complexity index is 616. The van der Waals surface area contributed by atoms with E-state index in [4.69, 9.17) is 10.3 Å². The molecule has 0 aliphatic heterocycles. The SMILES string of the molecule is Nc1noc(-c2cn[nH]n2)c1-c1ccccn1. The van der Waals surface area contributed by atoms with Crippen LogP contribution in [0, 0.1) is 0 Å². The van der Waals surface area contributed by atoms with Gasteiger partial charge in [0.15, 0.2) is 17.3 Å². The average Bonchev–Trinajstić information content (AvgIpc) is 2.98. The van der Waals surface area contributed by atoms with Crippen molar-refractivity contribution in [1.82, 2.24) is 25.6 Å². The smallest absolute Gasteiger partial charge is 0.200 e. The van der Waals surface area contributed by atoms with Gasteiger partial charge in [-0.05, 0) is 12.1 Å². The quantitative estimate of drug-likeness (QED) is 0.680. The van der Waals surface area contributed by atoms with Gasteiger partial charge >= 0.3 is 0 Å². The molecular weight excluding hydrogens is 220 g/mol. The summed E-state index contributed by atoms with van der Waals surface area (Å²) in [6.45, 7) is 0. The molecule has 0 fully saturated rings. The number of nitrogens with two attached hydrogens (primary N) is 1. The second kappa shape index (κ2) is 3.71. The highest BCUT2D eigenvalue weighted by atomic mass is 16.5. The van der Waals surface area contributed by atoms with Crippen molar-refractivity contribution in [3.63, 3.8) is 0 Å². The van der Waals surface area contributed by atoms with Gasteiger partial charge in [-0.2, -0.15) is 15.4 Å². The molecule has 0 unspecified atom stereocenters. The van der Waals surface area contributed by atoms with Gasteiger partial charge in [0.05, 0.1) is 17.5 Å². The average molecular weight is 228 g/mol. The Morgan fingerprint density at radius 2 is 2.18 bits per heavy atom. The second-order valence-corrected chi connectivity index (χ2v) is 3.34. The van der Waals surface area contributed by atoms with Gasteiger partial charge in [-0.25, -0.2) is 0 Å². The number of anilines is 1. The predicted molar refractivity (Wildman–Crippen MR) is 59.5 cm³/mol. The molecule has 0 aliphatic carbocycles. The van der Waals surface area contributed by atoms with Crippen molar-refractivity contribution in [1.29, 1.82) is 0 Å². The summed E-state index contributed by atoms with van der Waals surface area (Å²) in [6, 6.07) is 5.51. The zero-order valence-electron chi connectivity index (χ0n) is 8.66. The number of rotatable bonds is 2. The number of nitrogens with zero attached hydrogens (tertiary/aromatic N) is 4. The molecule has 0 radical (unpaired) electrons. The highest BCUT2D eigenvalue weighted by Crippen LogP contribution is 2.33. The highest BCUT2D eigenvalue weighted by molar-refractivity contribution is 5.83. The van der Waals surface area contributed by atoms with Crippen LogP contribution in [0.25, 0.3) is 22.7 Å². The van der Waals surface area contributed by atoms with Gasteiger partial charge in [-0.3, -0.25) is 4.98 Å².